The molecular weight excluding hydrogens is 384 g/mol. The first-order chi connectivity index (χ1) is 13.1. The van der Waals surface area contributed by atoms with Gasteiger partial charge in [-0.15, -0.1) is 0 Å². The second-order valence-electron chi connectivity index (χ2n) is 4.73. The van der Waals surface area contributed by atoms with Crippen molar-refractivity contribution in [2.45, 2.75) is 20.8 Å². The summed E-state index contributed by atoms with van der Waals surface area (Å²) in [7, 11) is 0. The molecule has 0 bridgehead atoms. The van der Waals surface area contributed by atoms with Crippen molar-refractivity contribution in [3.63, 3.8) is 0 Å². The Bertz CT molecular complexity index is 847. The molecule has 142 valence electrons. The first-order valence-electron chi connectivity index (χ1n) is 8.38. The minimum Gasteiger partial charge on any atom is -0.450 e. The largest absolute Gasteiger partial charge is 0.450 e. The van der Waals surface area contributed by atoms with Crippen molar-refractivity contribution in [2.75, 3.05) is 11.9 Å². The van der Waals surface area contributed by atoms with Gasteiger partial charge in [0.1, 0.15) is 0 Å². The molecule has 2 N–H and O–H groups in total. The molecule has 0 aliphatic carbocycles. The van der Waals surface area contributed by atoms with E-state index in [2.05, 4.69) is 20.6 Å². The maximum absolute atomic E-state index is 12.1. The number of aliphatic imine (C=N–C) groups is 1. The topological polar surface area (TPSA) is 92.7 Å². The minimum absolute atomic E-state index is 0.215. The van der Waals surface area contributed by atoms with Crippen LogP contribution in [0.3, 0.4) is 0 Å². The van der Waals surface area contributed by atoms with Gasteiger partial charge >= 0.3 is 6.09 Å². The van der Waals surface area contributed by atoms with Crippen molar-refractivity contribution in [3.8, 4) is 0 Å². The van der Waals surface area contributed by atoms with Gasteiger partial charge in [0.25, 0.3) is 5.91 Å². The third-order valence-corrected chi connectivity index (χ3v) is 4.69. The van der Waals surface area contributed by atoms with E-state index in [-0.39, 0.29) is 12.5 Å². The van der Waals surface area contributed by atoms with E-state index in [1.165, 1.54) is 23.1 Å². The number of anilines is 1. The molecule has 0 atom stereocenters. The van der Waals surface area contributed by atoms with E-state index in [1.54, 1.807) is 19.2 Å². The zero-order valence-electron chi connectivity index (χ0n) is 15.2. The molecule has 2 aromatic rings. The fourth-order valence-electron chi connectivity index (χ4n) is 1.90. The van der Waals surface area contributed by atoms with Crippen molar-refractivity contribution in [1.29, 1.82) is 0 Å². The molecule has 3 rings (SSSR count). The van der Waals surface area contributed by atoms with Crippen molar-refractivity contribution in [1.82, 2.24) is 10.3 Å². The number of thiazole rings is 1. The second kappa shape index (κ2) is 10.5. The van der Waals surface area contributed by atoms with Gasteiger partial charge in [-0.1, -0.05) is 43.4 Å². The third kappa shape index (κ3) is 6.22. The van der Waals surface area contributed by atoms with Crippen molar-refractivity contribution < 1.29 is 14.3 Å². The Labute approximate surface area is 165 Å². The van der Waals surface area contributed by atoms with Gasteiger partial charge in [-0.05, 0) is 36.9 Å². The highest BCUT2D eigenvalue weighted by Gasteiger charge is 2.24. The van der Waals surface area contributed by atoms with Gasteiger partial charge in [-0.25, -0.2) is 14.8 Å². The average Bonchev–Trinajstić information content (AvgIpc) is 3.24. The molecule has 2 heterocycles. The Morgan fingerprint density at radius 2 is 2.07 bits per heavy atom. The van der Waals surface area contributed by atoms with Crippen molar-refractivity contribution >= 4 is 57.2 Å². The van der Waals surface area contributed by atoms with Crippen molar-refractivity contribution in [3.05, 3.63) is 46.3 Å². The zero-order chi connectivity index (χ0) is 19.6. The van der Waals surface area contributed by atoms with Crippen LogP contribution in [0.1, 0.15) is 25.6 Å². The lowest BCUT2D eigenvalue weighted by molar-refractivity contribution is -0.115. The van der Waals surface area contributed by atoms with Crippen LogP contribution in [0.2, 0.25) is 0 Å². The maximum Gasteiger partial charge on any atom is 0.413 e. The molecule has 9 heteroatoms. The van der Waals surface area contributed by atoms with Crippen LogP contribution < -0.4 is 10.6 Å². The van der Waals surface area contributed by atoms with E-state index in [0.717, 1.165) is 10.6 Å². The summed E-state index contributed by atoms with van der Waals surface area (Å²) in [6, 6.07) is 9.39. The fourth-order valence-corrected chi connectivity index (χ4v) is 3.55. The van der Waals surface area contributed by atoms with E-state index in [9.17, 15) is 9.59 Å². The Hall–Kier alpha value is -2.65. The van der Waals surface area contributed by atoms with Gasteiger partial charge in [-0.2, -0.15) is 0 Å². The lowest BCUT2D eigenvalue weighted by atomic mass is 10.3. The van der Waals surface area contributed by atoms with Gasteiger partial charge < -0.3 is 10.1 Å². The molecule has 1 saturated heterocycles. The zero-order valence-corrected chi connectivity index (χ0v) is 16.8. The Balaban J connectivity index is 0.00000126. The molecule has 1 fully saturated rings. The molecule has 1 aromatic heterocycles. The summed E-state index contributed by atoms with van der Waals surface area (Å²) in [5, 5.41) is 6.19. The molecule has 0 spiro atoms. The normalized spacial score (nSPS) is 15.9. The van der Waals surface area contributed by atoms with Gasteiger partial charge in [0.2, 0.25) is 0 Å². The quantitative estimate of drug-likeness (QED) is 0.725. The number of carbonyl (C=O) groups is 2. The number of nitrogens with zero attached hydrogens (tertiary/aromatic N) is 2. The molecule has 0 saturated carbocycles. The molecule has 27 heavy (non-hydrogen) atoms. The predicted octanol–water partition coefficient (Wildman–Crippen LogP) is 4.63. The van der Waals surface area contributed by atoms with Gasteiger partial charge in [-0.3, -0.25) is 10.1 Å². The van der Waals surface area contributed by atoms with Crippen LogP contribution in [0.4, 0.5) is 15.6 Å². The molecule has 0 radical (unpaired) electrons. The van der Waals surface area contributed by atoms with E-state index in [4.69, 9.17) is 4.74 Å². The lowest BCUT2D eigenvalue weighted by Gasteiger charge is -1.99. The van der Waals surface area contributed by atoms with Crippen LogP contribution in [-0.2, 0) is 9.53 Å². The molecular formula is C18H20N4O3S2. The third-order valence-electron chi connectivity index (χ3n) is 2.92. The number of benzene rings is 1. The number of para-hydroxylation sites is 1. The second-order valence-corrected chi connectivity index (χ2v) is 6.82. The number of ether oxygens (including phenoxy) is 1. The monoisotopic (exact) mass is 404 g/mol. The van der Waals surface area contributed by atoms with Gasteiger partial charge in [0.05, 0.1) is 22.1 Å². The summed E-state index contributed by atoms with van der Waals surface area (Å²) in [4.78, 5) is 33.2. The number of amidine groups is 1. The van der Waals surface area contributed by atoms with Crippen molar-refractivity contribution in [2.24, 2.45) is 4.99 Å². The highest BCUT2D eigenvalue weighted by molar-refractivity contribution is 8.18. The molecule has 1 aliphatic heterocycles. The van der Waals surface area contributed by atoms with Gasteiger partial charge in [0.15, 0.2) is 10.3 Å². The lowest BCUT2D eigenvalue weighted by Crippen LogP contribution is -2.19. The van der Waals surface area contributed by atoms with Gasteiger partial charge in [0, 0.05) is 6.20 Å². The molecule has 0 unspecified atom stereocenters. The summed E-state index contributed by atoms with van der Waals surface area (Å²) in [6.45, 7) is 6.01. The van der Waals surface area contributed by atoms with E-state index in [1.807, 2.05) is 44.2 Å². The predicted molar refractivity (Wildman–Crippen MR) is 111 cm³/mol. The highest BCUT2D eigenvalue weighted by atomic mass is 32.2. The summed E-state index contributed by atoms with van der Waals surface area (Å²) >= 11 is 2.51. The van der Waals surface area contributed by atoms with Crippen LogP contribution >= 0.6 is 23.1 Å². The van der Waals surface area contributed by atoms with Crippen LogP contribution in [0, 0.1) is 0 Å². The molecule has 7 nitrogen and oxygen atoms in total. The first-order valence-corrected chi connectivity index (χ1v) is 10.0. The number of nitrogens with one attached hydrogen (secondary N) is 2. The summed E-state index contributed by atoms with van der Waals surface area (Å²) in [6.07, 6.45) is 2.74. The van der Waals surface area contributed by atoms with E-state index < -0.39 is 6.09 Å². The number of rotatable bonds is 4. The highest BCUT2D eigenvalue weighted by Crippen LogP contribution is 2.30. The maximum atomic E-state index is 12.1. The van der Waals surface area contributed by atoms with Crippen LogP contribution in [0.25, 0.3) is 6.08 Å². The Morgan fingerprint density at radius 1 is 1.33 bits per heavy atom. The Morgan fingerprint density at radius 3 is 2.78 bits per heavy atom. The SMILES string of the molecule is CC.CCOC(=O)Nc1ncc(/C=C2\SC(=Nc3ccccc3)NC2=O)s1. The van der Waals surface area contributed by atoms with Crippen LogP contribution in [0.5, 0.6) is 0 Å². The fraction of sp³-hybridized carbons (Fsp3) is 0.222. The molecule has 2 amide bonds. The van der Waals surface area contributed by atoms with Crippen LogP contribution in [0.15, 0.2) is 46.4 Å². The number of aromatic nitrogens is 1. The summed E-state index contributed by atoms with van der Waals surface area (Å²) in [5.41, 5.74) is 0.769. The molecule has 1 aliphatic rings. The minimum atomic E-state index is -0.554. The van der Waals surface area contributed by atoms with Crippen LogP contribution in [-0.4, -0.2) is 28.8 Å². The summed E-state index contributed by atoms with van der Waals surface area (Å²) < 4.78 is 4.79. The standard InChI is InChI=1S/C16H14N4O3S2.C2H6/c1-2-23-16(22)20-14-17-9-11(24-14)8-12-13(21)19-15(25-12)18-10-6-4-3-5-7-10;1-2/h3-9H,2H2,1H3,(H,17,20,22)(H,18,19,21);1-2H3/b12-8-;. The first kappa shape index (κ1) is 20.7. The average molecular weight is 405 g/mol. The molecule has 1 aromatic carbocycles. The number of carbonyl (C=O) groups excluding carboxylic acids is 2. The summed E-state index contributed by atoms with van der Waals surface area (Å²) in [5.74, 6) is -0.215. The Kier molecular flexibility index (Phi) is 8.02. The number of hydrogen-bond donors (Lipinski definition) is 2. The number of thioether (sulfide) groups is 1. The number of hydrogen-bond acceptors (Lipinski definition) is 7. The number of amides is 2. The van der Waals surface area contributed by atoms with E-state index >= 15 is 0 Å². The smallest absolute Gasteiger partial charge is 0.413 e. The van der Waals surface area contributed by atoms with E-state index in [0.29, 0.717) is 15.2 Å².